The Morgan fingerprint density at radius 1 is 1.29 bits per heavy atom. The molecular weight excluding hydrogens is 214 g/mol. The average molecular weight is 241 g/mol. The Kier molecular flexibility index (Phi) is 5.44. The van der Waals surface area contributed by atoms with Crippen molar-refractivity contribution in [2.45, 2.75) is 64.3 Å². The first-order chi connectivity index (χ1) is 7.95. The lowest BCUT2D eigenvalue weighted by molar-refractivity contribution is -0.143. The fourth-order valence-electron chi connectivity index (χ4n) is 3.01. The Bertz CT molecular complexity index is 237. The number of methoxy groups -OCH3 is 1. The van der Waals surface area contributed by atoms with Crippen molar-refractivity contribution in [2.75, 3.05) is 7.11 Å². The summed E-state index contributed by atoms with van der Waals surface area (Å²) >= 11 is 0. The number of rotatable bonds is 4. The Labute approximate surface area is 105 Å². The van der Waals surface area contributed by atoms with E-state index in [1.807, 2.05) is 13.8 Å². The van der Waals surface area contributed by atoms with E-state index in [2.05, 4.69) is 0 Å². The third kappa shape index (κ3) is 4.66. The summed E-state index contributed by atoms with van der Waals surface area (Å²) in [5, 5.41) is 0. The van der Waals surface area contributed by atoms with Crippen LogP contribution in [0, 0.1) is 11.8 Å². The minimum absolute atomic E-state index is 0.127. The van der Waals surface area contributed by atoms with Crippen molar-refractivity contribution in [3.8, 4) is 0 Å². The van der Waals surface area contributed by atoms with Crippen molar-refractivity contribution >= 4 is 5.97 Å². The SMILES string of the molecule is COC(=O)CC(C1CCCCCC1)C(C)(C)N. The molecule has 0 radical (unpaired) electrons. The van der Waals surface area contributed by atoms with Gasteiger partial charge in [0.25, 0.3) is 0 Å². The highest BCUT2D eigenvalue weighted by molar-refractivity contribution is 5.69. The second-order valence-corrected chi connectivity index (χ2v) is 5.96. The van der Waals surface area contributed by atoms with Crippen LogP contribution in [0.2, 0.25) is 0 Å². The number of esters is 1. The molecule has 0 aromatic carbocycles. The van der Waals surface area contributed by atoms with E-state index in [9.17, 15) is 4.79 Å². The lowest BCUT2D eigenvalue weighted by Crippen LogP contribution is -2.45. The Morgan fingerprint density at radius 3 is 2.24 bits per heavy atom. The van der Waals surface area contributed by atoms with Gasteiger partial charge in [0.1, 0.15) is 0 Å². The first-order valence-electron chi connectivity index (χ1n) is 6.81. The van der Waals surface area contributed by atoms with Crippen molar-refractivity contribution < 1.29 is 9.53 Å². The summed E-state index contributed by atoms with van der Waals surface area (Å²) in [6.45, 7) is 4.07. The highest BCUT2D eigenvalue weighted by Crippen LogP contribution is 2.36. The van der Waals surface area contributed by atoms with Crippen LogP contribution in [0.25, 0.3) is 0 Å². The molecule has 1 aliphatic rings. The molecule has 0 aromatic heterocycles. The van der Waals surface area contributed by atoms with Crippen LogP contribution in [-0.4, -0.2) is 18.6 Å². The van der Waals surface area contributed by atoms with Crippen LogP contribution in [0.3, 0.4) is 0 Å². The normalized spacial score (nSPS) is 20.7. The molecule has 3 nitrogen and oxygen atoms in total. The molecule has 0 heterocycles. The first kappa shape index (κ1) is 14.5. The highest BCUT2D eigenvalue weighted by atomic mass is 16.5. The minimum atomic E-state index is -0.302. The largest absolute Gasteiger partial charge is 0.469 e. The summed E-state index contributed by atoms with van der Waals surface area (Å²) in [7, 11) is 1.45. The summed E-state index contributed by atoms with van der Waals surface area (Å²) in [6, 6.07) is 0. The molecule has 1 saturated carbocycles. The molecule has 3 heteroatoms. The van der Waals surface area contributed by atoms with Gasteiger partial charge in [-0.1, -0.05) is 38.5 Å². The maximum Gasteiger partial charge on any atom is 0.305 e. The third-order valence-electron chi connectivity index (χ3n) is 4.04. The summed E-state index contributed by atoms with van der Waals surface area (Å²) in [5.74, 6) is 0.697. The highest BCUT2D eigenvalue weighted by Gasteiger charge is 2.34. The zero-order valence-corrected chi connectivity index (χ0v) is 11.5. The summed E-state index contributed by atoms with van der Waals surface area (Å²) in [4.78, 5) is 11.5. The lowest BCUT2D eigenvalue weighted by atomic mass is 9.73. The van der Waals surface area contributed by atoms with Crippen LogP contribution in [-0.2, 0) is 9.53 Å². The van der Waals surface area contributed by atoms with Gasteiger partial charge < -0.3 is 10.5 Å². The fraction of sp³-hybridized carbons (Fsp3) is 0.929. The summed E-state index contributed by atoms with van der Waals surface area (Å²) in [6.07, 6.45) is 8.09. The van der Waals surface area contributed by atoms with Crippen LogP contribution in [0.1, 0.15) is 58.8 Å². The molecule has 0 saturated heterocycles. The molecule has 0 amide bonds. The number of hydrogen-bond donors (Lipinski definition) is 1. The predicted molar refractivity (Wildman–Crippen MR) is 69.6 cm³/mol. The Hall–Kier alpha value is -0.570. The number of ether oxygens (including phenoxy) is 1. The minimum Gasteiger partial charge on any atom is -0.469 e. The topological polar surface area (TPSA) is 52.3 Å². The zero-order valence-electron chi connectivity index (χ0n) is 11.5. The average Bonchev–Trinajstić information content (AvgIpc) is 2.52. The van der Waals surface area contributed by atoms with E-state index in [0.29, 0.717) is 12.3 Å². The van der Waals surface area contributed by atoms with Crippen molar-refractivity contribution in [2.24, 2.45) is 17.6 Å². The second kappa shape index (κ2) is 6.39. The molecule has 0 spiro atoms. The molecule has 1 fully saturated rings. The van der Waals surface area contributed by atoms with Gasteiger partial charge in [-0.3, -0.25) is 4.79 Å². The van der Waals surface area contributed by atoms with Gasteiger partial charge in [0.15, 0.2) is 0 Å². The number of nitrogens with two attached hydrogens (primary N) is 1. The molecule has 2 N–H and O–H groups in total. The van der Waals surface area contributed by atoms with Gasteiger partial charge in [0.2, 0.25) is 0 Å². The van der Waals surface area contributed by atoms with E-state index < -0.39 is 0 Å². The van der Waals surface area contributed by atoms with E-state index >= 15 is 0 Å². The monoisotopic (exact) mass is 241 g/mol. The Morgan fingerprint density at radius 2 is 1.82 bits per heavy atom. The zero-order chi connectivity index (χ0) is 12.9. The van der Waals surface area contributed by atoms with Gasteiger partial charge in [-0.05, 0) is 25.7 Å². The molecule has 0 aliphatic heterocycles. The standard InChI is InChI=1S/C14H27NO2/c1-14(2,15)12(10-13(16)17-3)11-8-6-4-5-7-9-11/h11-12H,4-10,15H2,1-3H3. The van der Waals surface area contributed by atoms with E-state index in [-0.39, 0.29) is 17.4 Å². The molecule has 0 bridgehead atoms. The molecular formula is C14H27NO2. The van der Waals surface area contributed by atoms with Gasteiger partial charge in [0.05, 0.1) is 13.5 Å². The van der Waals surface area contributed by atoms with Crippen LogP contribution in [0.4, 0.5) is 0 Å². The van der Waals surface area contributed by atoms with Crippen LogP contribution < -0.4 is 5.73 Å². The third-order valence-corrected chi connectivity index (χ3v) is 4.04. The maximum absolute atomic E-state index is 11.5. The van der Waals surface area contributed by atoms with Crippen LogP contribution in [0.15, 0.2) is 0 Å². The molecule has 1 rings (SSSR count). The van der Waals surface area contributed by atoms with Crippen molar-refractivity contribution in [1.82, 2.24) is 0 Å². The molecule has 1 atom stereocenters. The summed E-state index contributed by atoms with van der Waals surface area (Å²) < 4.78 is 4.80. The van der Waals surface area contributed by atoms with Gasteiger partial charge in [-0.25, -0.2) is 0 Å². The van der Waals surface area contributed by atoms with Crippen molar-refractivity contribution in [1.29, 1.82) is 0 Å². The first-order valence-corrected chi connectivity index (χ1v) is 6.81. The second-order valence-electron chi connectivity index (χ2n) is 5.96. The maximum atomic E-state index is 11.5. The smallest absolute Gasteiger partial charge is 0.305 e. The van der Waals surface area contributed by atoms with Crippen LogP contribution >= 0.6 is 0 Å². The van der Waals surface area contributed by atoms with E-state index in [0.717, 1.165) is 0 Å². The number of carbonyl (C=O) groups excluding carboxylic acids is 1. The van der Waals surface area contributed by atoms with Gasteiger partial charge in [-0.2, -0.15) is 0 Å². The summed E-state index contributed by atoms with van der Waals surface area (Å²) in [5.41, 5.74) is 5.95. The molecule has 100 valence electrons. The molecule has 1 aliphatic carbocycles. The van der Waals surface area contributed by atoms with E-state index in [4.69, 9.17) is 10.5 Å². The quantitative estimate of drug-likeness (QED) is 0.608. The Balaban J connectivity index is 2.70. The molecule has 0 aromatic rings. The van der Waals surface area contributed by atoms with Crippen molar-refractivity contribution in [3.63, 3.8) is 0 Å². The number of carbonyl (C=O) groups is 1. The fourth-order valence-corrected chi connectivity index (χ4v) is 3.01. The van der Waals surface area contributed by atoms with Gasteiger partial charge in [0, 0.05) is 5.54 Å². The number of hydrogen-bond acceptors (Lipinski definition) is 3. The van der Waals surface area contributed by atoms with E-state index in [1.165, 1.54) is 45.6 Å². The lowest BCUT2D eigenvalue weighted by Gasteiger charge is -2.36. The predicted octanol–water partition coefficient (Wildman–Crippen LogP) is 2.87. The van der Waals surface area contributed by atoms with Gasteiger partial charge >= 0.3 is 5.97 Å². The molecule has 17 heavy (non-hydrogen) atoms. The molecule has 1 unspecified atom stereocenters. The van der Waals surface area contributed by atoms with E-state index in [1.54, 1.807) is 0 Å². The van der Waals surface area contributed by atoms with Gasteiger partial charge in [-0.15, -0.1) is 0 Å². The van der Waals surface area contributed by atoms with Crippen molar-refractivity contribution in [3.05, 3.63) is 0 Å². The van der Waals surface area contributed by atoms with Crippen LogP contribution in [0.5, 0.6) is 0 Å².